The lowest BCUT2D eigenvalue weighted by molar-refractivity contribution is -0.129. The van der Waals surface area contributed by atoms with Crippen LogP contribution in [0.4, 0.5) is 0 Å². The maximum Gasteiger partial charge on any atom is 0.363 e. The average Bonchev–Trinajstić information content (AvgIpc) is 3.26. The molecule has 0 fully saturated rings. The molecule has 6 nitrogen and oxygen atoms in total. The van der Waals surface area contributed by atoms with Gasteiger partial charge in [-0.3, -0.25) is 0 Å². The lowest BCUT2D eigenvalue weighted by atomic mass is 10.2. The first kappa shape index (κ1) is 15.3. The maximum atomic E-state index is 12.0. The molecule has 122 valence electrons. The number of ether oxygens (including phenoxy) is 1. The Morgan fingerprint density at radius 1 is 1.12 bits per heavy atom. The number of hydrogen-bond donors (Lipinski definition) is 0. The fourth-order valence-electron chi connectivity index (χ4n) is 2.38. The Labute approximate surface area is 148 Å². The number of carbonyl (C=O) groups is 1. The van der Waals surface area contributed by atoms with Crippen LogP contribution >= 0.6 is 11.6 Å². The van der Waals surface area contributed by atoms with Crippen molar-refractivity contribution in [2.45, 2.75) is 0 Å². The number of rotatable bonds is 3. The fourth-order valence-corrected chi connectivity index (χ4v) is 2.57. The zero-order valence-corrected chi connectivity index (χ0v) is 13.6. The van der Waals surface area contributed by atoms with Crippen molar-refractivity contribution in [3.8, 4) is 5.69 Å². The minimum atomic E-state index is -0.490. The van der Waals surface area contributed by atoms with E-state index in [2.05, 4.69) is 15.1 Å². The van der Waals surface area contributed by atoms with Crippen LogP contribution in [0.25, 0.3) is 11.8 Å². The van der Waals surface area contributed by atoms with Crippen molar-refractivity contribution in [3.05, 3.63) is 83.0 Å². The standard InChI is InChI=1S/C18H11ClN4O2/c19-14-3-1-2-13(9-14)17-22-16(18(24)25-17)8-12-4-6-15(7-5-12)23-11-20-10-21-23/h1-11H/b16-8-. The minimum Gasteiger partial charge on any atom is -0.402 e. The number of nitrogens with zero attached hydrogens (tertiary/aromatic N) is 4. The minimum absolute atomic E-state index is 0.239. The SMILES string of the molecule is O=C1OC(c2cccc(Cl)c2)=N/C1=C\c1ccc(-n2cncn2)cc1. The largest absolute Gasteiger partial charge is 0.402 e. The van der Waals surface area contributed by atoms with Gasteiger partial charge in [0.1, 0.15) is 12.7 Å². The quantitative estimate of drug-likeness (QED) is 0.537. The summed E-state index contributed by atoms with van der Waals surface area (Å²) in [4.78, 5) is 20.2. The van der Waals surface area contributed by atoms with Crippen LogP contribution in [0.3, 0.4) is 0 Å². The fraction of sp³-hybridized carbons (Fsp3) is 0. The summed E-state index contributed by atoms with van der Waals surface area (Å²) < 4.78 is 6.88. The number of esters is 1. The summed E-state index contributed by atoms with van der Waals surface area (Å²) >= 11 is 5.96. The van der Waals surface area contributed by atoms with Gasteiger partial charge in [-0.05, 0) is 42.0 Å². The number of aliphatic imine (C=N–C) groups is 1. The number of halogens is 1. The van der Waals surface area contributed by atoms with Gasteiger partial charge >= 0.3 is 5.97 Å². The second-order valence-electron chi connectivity index (χ2n) is 5.28. The Bertz CT molecular complexity index is 992. The number of carbonyl (C=O) groups excluding carboxylic acids is 1. The van der Waals surface area contributed by atoms with Crippen LogP contribution in [0.5, 0.6) is 0 Å². The van der Waals surface area contributed by atoms with Crippen LogP contribution in [0.1, 0.15) is 11.1 Å². The van der Waals surface area contributed by atoms with Crippen molar-refractivity contribution >= 4 is 29.5 Å². The summed E-state index contributed by atoms with van der Waals surface area (Å²) in [5, 5.41) is 4.62. The third-order valence-electron chi connectivity index (χ3n) is 3.57. The molecule has 0 bridgehead atoms. The Morgan fingerprint density at radius 3 is 2.68 bits per heavy atom. The highest BCUT2D eigenvalue weighted by molar-refractivity contribution is 6.31. The van der Waals surface area contributed by atoms with Gasteiger partial charge in [0.2, 0.25) is 5.90 Å². The molecule has 0 radical (unpaired) electrons. The molecule has 25 heavy (non-hydrogen) atoms. The van der Waals surface area contributed by atoms with E-state index in [9.17, 15) is 4.79 Å². The van der Waals surface area contributed by atoms with Crippen molar-refractivity contribution in [2.75, 3.05) is 0 Å². The van der Waals surface area contributed by atoms with E-state index in [0.717, 1.165) is 11.3 Å². The van der Waals surface area contributed by atoms with Gasteiger partial charge < -0.3 is 4.74 Å². The third-order valence-corrected chi connectivity index (χ3v) is 3.81. The smallest absolute Gasteiger partial charge is 0.363 e. The van der Waals surface area contributed by atoms with Crippen LogP contribution in [-0.4, -0.2) is 26.6 Å². The van der Waals surface area contributed by atoms with E-state index in [1.165, 1.54) is 6.33 Å². The van der Waals surface area contributed by atoms with E-state index in [0.29, 0.717) is 10.6 Å². The van der Waals surface area contributed by atoms with Gasteiger partial charge in [-0.2, -0.15) is 5.10 Å². The average molecular weight is 351 g/mol. The predicted octanol–water partition coefficient (Wildman–Crippen LogP) is 3.27. The molecule has 1 aliphatic rings. The maximum absolute atomic E-state index is 12.0. The number of hydrogen-bond acceptors (Lipinski definition) is 5. The second kappa shape index (κ2) is 6.33. The summed E-state index contributed by atoms with van der Waals surface area (Å²) in [5.41, 5.74) is 2.60. The van der Waals surface area contributed by atoms with E-state index in [1.54, 1.807) is 41.4 Å². The third kappa shape index (κ3) is 3.20. The molecule has 0 saturated heterocycles. The van der Waals surface area contributed by atoms with E-state index >= 15 is 0 Å². The normalized spacial score (nSPS) is 15.3. The first-order chi connectivity index (χ1) is 12.2. The Morgan fingerprint density at radius 2 is 1.96 bits per heavy atom. The molecule has 0 aliphatic carbocycles. The number of cyclic esters (lactones) is 1. The van der Waals surface area contributed by atoms with Gasteiger partial charge in [-0.15, -0.1) is 0 Å². The molecule has 1 aromatic heterocycles. The van der Waals surface area contributed by atoms with Crippen LogP contribution in [0.15, 0.2) is 71.9 Å². The van der Waals surface area contributed by atoms with Gasteiger partial charge in [0.05, 0.1) is 5.69 Å². The molecule has 0 unspecified atom stereocenters. The molecule has 0 spiro atoms. The summed E-state index contributed by atoms with van der Waals surface area (Å²) in [5.74, 6) is -0.242. The van der Waals surface area contributed by atoms with Crippen LogP contribution in [-0.2, 0) is 9.53 Å². The Balaban J connectivity index is 1.61. The van der Waals surface area contributed by atoms with E-state index in [4.69, 9.17) is 16.3 Å². The van der Waals surface area contributed by atoms with Crippen molar-refractivity contribution in [1.29, 1.82) is 0 Å². The summed E-state index contributed by atoms with van der Waals surface area (Å²) in [6, 6.07) is 14.5. The van der Waals surface area contributed by atoms with Gasteiger partial charge in [0.15, 0.2) is 5.70 Å². The first-order valence-corrected chi connectivity index (χ1v) is 7.80. The topological polar surface area (TPSA) is 69.4 Å². The second-order valence-corrected chi connectivity index (χ2v) is 5.71. The molecule has 2 aromatic carbocycles. The lowest BCUT2D eigenvalue weighted by Crippen LogP contribution is -2.05. The van der Waals surface area contributed by atoms with E-state index < -0.39 is 5.97 Å². The van der Waals surface area contributed by atoms with Gasteiger partial charge in [0, 0.05) is 10.6 Å². The summed E-state index contributed by atoms with van der Waals surface area (Å²) in [6.07, 6.45) is 4.75. The zero-order valence-electron chi connectivity index (χ0n) is 12.8. The molecule has 4 rings (SSSR count). The molecule has 0 atom stereocenters. The number of aromatic nitrogens is 3. The number of benzene rings is 2. The van der Waals surface area contributed by atoms with Crippen molar-refractivity contribution in [2.24, 2.45) is 4.99 Å². The van der Waals surface area contributed by atoms with Crippen molar-refractivity contribution < 1.29 is 9.53 Å². The van der Waals surface area contributed by atoms with Gasteiger partial charge in [0.25, 0.3) is 0 Å². The monoisotopic (exact) mass is 350 g/mol. The molecular weight excluding hydrogens is 340 g/mol. The summed E-state index contributed by atoms with van der Waals surface area (Å²) in [7, 11) is 0. The molecular formula is C18H11ClN4O2. The van der Waals surface area contributed by atoms with E-state index in [1.807, 2.05) is 24.3 Å². The highest BCUT2D eigenvalue weighted by Crippen LogP contribution is 2.21. The van der Waals surface area contributed by atoms with Crippen molar-refractivity contribution in [1.82, 2.24) is 14.8 Å². The van der Waals surface area contributed by atoms with Crippen molar-refractivity contribution in [3.63, 3.8) is 0 Å². The molecule has 7 heteroatoms. The Hall–Kier alpha value is -3.25. The lowest BCUT2D eigenvalue weighted by Gasteiger charge is -2.00. The van der Waals surface area contributed by atoms with Crippen LogP contribution in [0, 0.1) is 0 Å². The molecule has 2 heterocycles. The van der Waals surface area contributed by atoms with E-state index in [-0.39, 0.29) is 11.6 Å². The molecule has 0 saturated carbocycles. The van der Waals surface area contributed by atoms with Crippen LogP contribution in [0.2, 0.25) is 5.02 Å². The van der Waals surface area contributed by atoms with Gasteiger partial charge in [-0.25, -0.2) is 19.5 Å². The van der Waals surface area contributed by atoms with Gasteiger partial charge in [-0.1, -0.05) is 29.8 Å². The summed E-state index contributed by atoms with van der Waals surface area (Å²) in [6.45, 7) is 0. The highest BCUT2D eigenvalue weighted by atomic mass is 35.5. The highest BCUT2D eigenvalue weighted by Gasteiger charge is 2.24. The predicted molar refractivity (Wildman–Crippen MR) is 93.4 cm³/mol. The Kier molecular flexibility index (Phi) is 3.87. The molecule has 0 amide bonds. The molecule has 3 aromatic rings. The zero-order chi connectivity index (χ0) is 17.2. The first-order valence-electron chi connectivity index (χ1n) is 7.43. The van der Waals surface area contributed by atoms with Crippen LogP contribution < -0.4 is 0 Å². The molecule has 1 aliphatic heterocycles. The molecule has 0 N–H and O–H groups in total.